The summed E-state index contributed by atoms with van der Waals surface area (Å²) in [5, 5.41) is 11.4. The molecular formula is C21H30N6O. The standard InChI is InChI=1S/C21H30N6O/c1-15(2)20(28)26-11-10-18(14-26)24-21(22-4)23-13-17-7-5-6-8-19(17)27-12-9-16(3)25-27/h5-9,12,15,18H,10-11,13-14H2,1-4H3,(H2,22,23,24). The molecule has 7 nitrogen and oxygen atoms in total. The van der Waals surface area contributed by atoms with Crippen LogP contribution in [-0.2, 0) is 11.3 Å². The molecule has 7 heteroatoms. The van der Waals surface area contributed by atoms with Crippen LogP contribution in [0.3, 0.4) is 0 Å². The fourth-order valence-electron chi connectivity index (χ4n) is 3.44. The van der Waals surface area contributed by atoms with Crippen LogP contribution < -0.4 is 10.6 Å². The normalized spacial score (nSPS) is 17.2. The second-order valence-corrected chi connectivity index (χ2v) is 7.53. The number of likely N-dealkylation sites (tertiary alicyclic amines) is 1. The quantitative estimate of drug-likeness (QED) is 0.613. The van der Waals surface area contributed by atoms with Gasteiger partial charge in [0.1, 0.15) is 0 Å². The van der Waals surface area contributed by atoms with Crippen molar-refractivity contribution in [3.05, 3.63) is 47.8 Å². The molecule has 1 atom stereocenters. The monoisotopic (exact) mass is 382 g/mol. The first-order chi connectivity index (χ1) is 13.5. The molecule has 2 N–H and O–H groups in total. The average Bonchev–Trinajstić information content (AvgIpc) is 3.33. The van der Waals surface area contributed by atoms with E-state index in [4.69, 9.17) is 0 Å². The van der Waals surface area contributed by atoms with Crippen LogP contribution in [0.25, 0.3) is 5.69 Å². The minimum atomic E-state index is 0.0404. The van der Waals surface area contributed by atoms with Gasteiger partial charge in [0.25, 0.3) is 0 Å². The Morgan fingerprint density at radius 3 is 2.79 bits per heavy atom. The minimum Gasteiger partial charge on any atom is -0.352 e. The second kappa shape index (κ2) is 8.91. The van der Waals surface area contributed by atoms with Crippen molar-refractivity contribution in [1.82, 2.24) is 25.3 Å². The van der Waals surface area contributed by atoms with Gasteiger partial charge >= 0.3 is 0 Å². The second-order valence-electron chi connectivity index (χ2n) is 7.53. The van der Waals surface area contributed by atoms with E-state index in [-0.39, 0.29) is 17.9 Å². The number of nitrogens with one attached hydrogen (secondary N) is 2. The predicted octanol–water partition coefficient (Wildman–Crippen LogP) is 2.10. The number of aromatic nitrogens is 2. The van der Waals surface area contributed by atoms with Crippen LogP contribution in [0.1, 0.15) is 31.5 Å². The highest BCUT2D eigenvalue weighted by molar-refractivity contribution is 5.81. The molecule has 2 heterocycles. The molecule has 1 saturated heterocycles. The van der Waals surface area contributed by atoms with Crippen LogP contribution in [0.2, 0.25) is 0 Å². The van der Waals surface area contributed by atoms with Gasteiger partial charge in [-0.05, 0) is 31.0 Å². The van der Waals surface area contributed by atoms with E-state index in [0.29, 0.717) is 6.54 Å². The molecule has 0 aliphatic carbocycles. The molecule has 0 saturated carbocycles. The van der Waals surface area contributed by atoms with Crippen molar-refractivity contribution in [2.75, 3.05) is 20.1 Å². The van der Waals surface area contributed by atoms with Gasteiger partial charge in [-0.3, -0.25) is 9.79 Å². The summed E-state index contributed by atoms with van der Waals surface area (Å²) in [7, 11) is 1.77. The maximum atomic E-state index is 12.2. The molecule has 3 rings (SSSR count). The highest BCUT2D eigenvalue weighted by atomic mass is 16.2. The van der Waals surface area contributed by atoms with Crippen LogP contribution in [0.5, 0.6) is 0 Å². The first-order valence-electron chi connectivity index (χ1n) is 9.84. The summed E-state index contributed by atoms with van der Waals surface area (Å²) < 4.78 is 1.90. The fraction of sp³-hybridized carbons (Fsp3) is 0.476. The zero-order valence-electron chi connectivity index (χ0n) is 17.1. The van der Waals surface area contributed by atoms with E-state index in [0.717, 1.165) is 42.4 Å². The van der Waals surface area contributed by atoms with E-state index in [9.17, 15) is 4.79 Å². The van der Waals surface area contributed by atoms with Gasteiger partial charge in [-0.1, -0.05) is 32.0 Å². The highest BCUT2D eigenvalue weighted by Gasteiger charge is 2.27. The number of hydrogen-bond donors (Lipinski definition) is 2. The summed E-state index contributed by atoms with van der Waals surface area (Å²) in [5.74, 6) is 1.00. The number of carbonyl (C=O) groups is 1. The molecule has 150 valence electrons. The molecule has 1 fully saturated rings. The van der Waals surface area contributed by atoms with Crippen molar-refractivity contribution in [2.45, 2.75) is 39.8 Å². The molecule has 2 aromatic rings. The maximum absolute atomic E-state index is 12.2. The van der Waals surface area contributed by atoms with E-state index >= 15 is 0 Å². The molecular weight excluding hydrogens is 352 g/mol. The average molecular weight is 383 g/mol. The van der Waals surface area contributed by atoms with Crippen molar-refractivity contribution in [3.8, 4) is 5.69 Å². The van der Waals surface area contributed by atoms with Gasteiger partial charge in [-0.25, -0.2) is 4.68 Å². The Bertz CT molecular complexity index is 841. The van der Waals surface area contributed by atoms with Crippen molar-refractivity contribution < 1.29 is 4.79 Å². The lowest BCUT2D eigenvalue weighted by Gasteiger charge is -2.20. The van der Waals surface area contributed by atoms with E-state index in [2.05, 4.69) is 32.9 Å². The van der Waals surface area contributed by atoms with E-state index in [1.54, 1.807) is 7.05 Å². The third-order valence-corrected chi connectivity index (χ3v) is 4.97. The maximum Gasteiger partial charge on any atom is 0.225 e. The molecule has 28 heavy (non-hydrogen) atoms. The summed E-state index contributed by atoms with van der Waals surface area (Å²) >= 11 is 0. The minimum absolute atomic E-state index is 0.0404. The Kier molecular flexibility index (Phi) is 6.34. The van der Waals surface area contributed by atoms with Crippen LogP contribution >= 0.6 is 0 Å². The topological polar surface area (TPSA) is 74.6 Å². The number of guanidine groups is 1. The van der Waals surface area contributed by atoms with Gasteiger partial charge in [-0.15, -0.1) is 0 Å². The zero-order valence-corrected chi connectivity index (χ0v) is 17.1. The highest BCUT2D eigenvalue weighted by Crippen LogP contribution is 2.15. The lowest BCUT2D eigenvalue weighted by atomic mass is 10.2. The molecule has 1 aliphatic rings. The number of para-hydroxylation sites is 1. The lowest BCUT2D eigenvalue weighted by Crippen LogP contribution is -2.45. The number of hydrogen-bond acceptors (Lipinski definition) is 3. The number of aryl methyl sites for hydroxylation is 1. The van der Waals surface area contributed by atoms with Crippen LogP contribution in [0, 0.1) is 12.8 Å². The molecule has 1 aromatic carbocycles. The first-order valence-corrected chi connectivity index (χ1v) is 9.84. The fourth-order valence-corrected chi connectivity index (χ4v) is 3.44. The Morgan fingerprint density at radius 2 is 2.11 bits per heavy atom. The Labute approximate surface area is 166 Å². The van der Waals surface area contributed by atoms with Gasteiger partial charge in [0.15, 0.2) is 5.96 Å². The van der Waals surface area contributed by atoms with Crippen LogP contribution in [0.4, 0.5) is 0 Å². The molecule has 0 radical (unpaired) electrons. The zero-order chi connectivity index (χ0) is 20.1. The number of aliphatic imine (C=N–C) groups is 1. The van der Waals surface area contributed by atoms with Gasteiger partial charge in [0.2, 0.25) is 5.91 Å². The molecule has 1 aliphatic heterocycles. The Hall–Kier alpha value is -2.83. The molecule has 1 amide bonds. The van der Waals surface area contributed by atoms with E-state index in [1.165, 1.54) is 0 Å². The number of nitrogens with zero attached hydrogens (tertiary/aromatic N) is 4. The summed E-state index contributed by atoms with van der Waals surface area (Å²) in [6.07, 6.45) is 2.91. The van der Waals surface area contributed by atoms with Gasteiger partial charge < -0.3 is 15.5 Å². The SMILES string of the molecule is CN=C(NCc1ccccc1-n1ccc(C)n1)NC1CCN(C(=O)C(C)C)C1. The van der Waals surface area contributed by atoms with E-state index in [1.807, 2.05) is 54.7 Å². The van der Waals surface area contributed by atoms with Gasteiger partial charge in [0.05, 0.1) is 11.4 Å². The van der Waals surface area contributed by atoms with Crippen molar-refractivity contribution in [3.63, 3.8) is 0 Å². The predicted molar refractivity (Wildman–Crippen MR) is 111 cm³/mol. The third kappa shape index (κ3) is 4.71. The smallest absolute Gasteiger partial charge is 0.225 e. The summed E-state index contributed by atoms with van der Waals surface area (Å²) in [6, 6.07) is 10.4. The van der Waals surface area contributed by atoms with Crippen molar-refractivity contribution in [1.29, 1.82) is 0 Å². The van der Waals surface area contributed by atoms with Gasteiger partial charge in [-0.2, -0.15) is 5.10 Å². The number of benzene rings is 1. The number of rotatable bonds is 5. The number of amides is 1. The largest absolute Gasteiger partial charge is 0.352 e. The van der Waals surface area contributed by atoms with Crippen LogP contribution in [0.15, 0.2) is 41.5 Å². The number of carbonyl (C=O) groups excluding carboxylic acids is 1. The molecule has 1 aromatic heterocycles. The lowest BCUT2D eigenvalue weighted by molar-refractivity contribution is -0.133. The van der Waals surface area contributed by atoms with Crippen molar-refractivity contribution in [2.24, 2.45) is 10.9 Å². The summed E-state index contributed by atoms with van der Waals surface area (Å²) in [5.41, 5.74) is 3.17. The summed E-state index contributed by atoms with van der Waals surface area (Å²) in [4.78, 5) is 18.5. The van der Waals surface area contributed by atoms with Gasteiger partial charge in [0, 0.05) is 44.8 Å². The molecule has 0 bridgehead atoms. The summed E-state index contributed by atoms with van der Waals surface area (Å²) in [6.45, 7) is 8.03. The Morgan fingerprint density at radius 1 is 1.32 bits per heavy atom. The van der Waals surface area contributed by atoms with Crippen LogP contribution in [-0.4, -0.2) is 52.7 Å². The first kappa shape index (κ1) is 19.9. The molecule has 1 unspecified atom stereocenters. The molecule has 0 spiro atoms. The Balaban J connectivity index is 1.59. The van der Waals surface area contributed by atoms with Crippen molar-refractivity contribution >= 4 is 11.9 Å². The van der Waals surface area contributed by atoms with E-state index < -0.39 is 0 Å². The third-order valence-electron chi connectivity index (χ3n) is 4.97.